The Hall–Kier alpha value is -2.12. The lowest BCUT2D eigenvalue weighted by Crippen LogP contribution is -2.53. The van der Waals surface area contributed by atoms with Gasteiger partial charge < -0.3 is 10.8 Å². The highest BCUT2D eigenvalue weighted by molar-refractivity contribution is 5.29. The summed E-state index contributed by atoms with van der Waals surface area (Å²) in [5.74, 6) is 1.48. The zero-order valence-corrected chi connectivity index (χ0v) is 19.1. The summed E-state index contributed by atoms with van der Waals surface area (Å²) in [6, 6.07) is 0. The molecule has 0 amide bonds. The van der Waals surface area contributed by atoms with Crippen molar-refractivity contribution < 1.29 is 9.50 Å². The maximum absolute atomic E-state index is 13.3. The number of nitrogens with zero attached hydrogens (tertiary/aromatic N) is 4. The van der Waals surface area contributed by atoms with E-state index in [-0.39, 0.29) is 23.4 Å². The standard InChI is InChI=1S/C25H34FN5O/c1-15-4-5-20-19(10-27)21(6-7-24(15,20)2)25(3)9-16-13-31(23-28-11-18(26)12-29-23)30-22(16)8-17(25)14-32/h11-13,17,19-21,32H,1,4-10,14,27H2,2-3H3/t17-,19+,20+,21+,24-,25+/m1/s1. The lowest BCUT2D eigenvalue weighted by Gasteiger charge is -2.55. The zero-order chi connectivity index (χ0) is 22.7. The van der Waals surface area contributed by atoms with E-state index in [1.54, 1.807) is 4.68 Å². The van der Waals surface area contributed by atoms with Crippen molar-refractivity contribution in [2.24, 2.45) is 40.2 Å². The van der Waals surface area contributed by atoms with Crippen LogP contribution in [0, 0.1) is 40.3 Å². The number of aliphatic hydroxyl groups excluding tert-OH is 1. The Morgan fingerprint density at radius 3 is 2.69 bits per heavy atom. The van der Waals surface area contributed by atoms with Gasteiger partial charge in [0.15, 0.2) is 5.82 Å². The predicted molar refractivity (Wildman–Crippen MR) is 120 cm³/mol. The lowest BCUT2D eigenvalue weighted by molar-refractivity contribution is -0.0536. The largest absolute Gasteiger partial charge is 0.396 e. The highest BCUT2D eigenvalue weighted by atomic mass is 19.1. The smallest absolute Gasteiger partial charge is 0.250 e. The molecular weight excluding hydrogens is 405 g/mol. The Morgan fingerprint density at radius 1 is 1.25 bits per heavy atom. The van der Waals surface area contributed by atoms with E-state index >= 15 is 0 Å². The van der Waals surface area contributed by atoms with E-state index in [0.29, 0.717) is 30.2 Å². The molecule has 172 valence electrons. The van der Waals surface area contributed by atoms with E-state index in [1.165, 1.54) is 17.6 Å². The van der Waals surface area contributed by atoms with Gasteiger partial charge in [0.05, 0.1) is 18.1 Å². The van der Waals surface area contributed by atoms with Crippen molar-refractivity contribution in [3.63, 3.8) is 0 Å². The summed E-state index contributed by atoms with van der Waals surface area (Å²) in [6.45, 7) is 9.97. The molecule has 0 radical (unpaired) electrons. The SMILES string of the molecule is C=C1CC[C@H]2[C@H](CN)[C@@H]([C@@]3(C)Cc4cn(-c5ncc(F)cn5)nc4C[C@@H]3CO)CC[C@]12C. The van der Waals surface area contributed by atoms with Crippen LogP contribution >= 0.6 is 0 Å². The topological polar surface area (TPSA) is 89.9 Å². The summed E-state index contributed by atoms with van der Waals surface area (Å²) >= 11 is 0. The summed E-state index contributed by atoms with van der Waals surface area (Å²) in [4.78, 5) is 8.15. The number of halogens is 1. The maximum atomic E-state index is 13.3. The van der Waals surface area contributed by atoms with Gasteiger partial charge in [0, 0.05) is 12.8 Å². The number of aromatic nitrogens is 4. The third-order valence-corrected chi connectivity index (χ3v) is 9.36. The Balaban J connectivity index is 1.48. The first-order valence-corrected chi connectivity index (χ1v) is 11.8. The second-order valence-electron chi connectivity index (χ2n) is 10.7. The summed E-state index contributed by atoms with van der Waals surface area (Å²) in [6.07, 6.45) is 10.4. The van der Waals surface area contributed by atoms with E-state index in [0.717, 1.165) is 50.2 Å². The predicted octanol–water partition coefficient (Wildman–Crippen LogP) is 3.47. The number of nitrogens with two attached hydrogens (primary N) is 1. The fraction of sp³-hybridized carbons (Fsp3) is 0.640. The molecule has 0 bridgehead atoms. The molecular formula is C25H34FN5O. The van der Waals surface area contributed by atoms with Gasteiger partial charge in [0.2, 0.25) is 0 Å². The molecule has 2 aromatic rings. The van der Waals surface area contributed by atoms with Gasteiger partial charge in [0.25, 0.3) is 5.95 Å². The van der Waals surface area contributed by atoms with Crippen LogP contribution in [0.15, 0.2) is 30.7 Å². The van der Waals surface area contributed by atoms with Gasteiger partial charge in [-0.2, -0.15) is 5.10 Å². The average Bonchev–Trinajstić information content (AvgIpc) is 3.32. The third-order valence-electron chi connectivity index (χ3n) is 9.36. The highest BCUT2D eigenvalue weighted by Crippen LogP contribution is 2.62. The summed E-state index contributed by atoms with van der Waals surface area (Å²) in [7, 11) is 0. The van der Waals surface area contributed by atoms with E-state index < -0.39 is 5.82 Å². The monoisotopic (exact) mass is 439 g/mol. The van der Waals surface area contributed by atoms with E-state index in [9.17, 15) is 9.50 Å². The first-order chi connectivity index (χ1) is 15.3. The Kier molecular flexibility index (Phi) is 5.25. The van der Waals surface area contributed by atoms with Gasteiger partial charge in [-0.25, -0.2) is 19.0 Å². The first kappa shape index (κ1) is 21.7. The van der Waals surface area contributed by atoms with Gasteiger partial charge in [0.1, 0.15) is 0 Å². The summed E-state index contributed by atoms with van der Waals surface area (Å²) < 4.78 is 14.9. The second-order valence-corrected chi connectivity index (χ2v) is 10.7. The highest BCUT2D eigenvalue weighted by Gasteiger charge is 2.56. The van der Waals surface area contributed by atoms with Gasteiger partial charge in [-0.15, -0.1) is 0 Å². The van der Waals surface area contributed by atoms with Crippen LogP contribution in [-0.2, 0) is 12.8 Å². The molecule has 6 nitrogen and oxygen atoms in total. The molecule has 2 saturated carbocycles. The number of fused-ring (bicyclic) bond motifs is 2. The number of hydrogen-bond acceptors (Lipinski definition) is 5. The fourth-order valence-corrected chi connectivity index (χ4v) is 7.36. The van der Waals surface area contributed by atoms with Crippen molar-refractivity contribution in [1.29, 1.82) is 0 Å². The normalized spacial score (nSPS) is 36.7. The number of rotatable bonds is 4. The molecule has 2 fully saturated rings. The molecule has 0 unspecified atom stereocenters. The van der Waals surface area contributed by atoms with Crippen LogP contribution in [0.3, 0.4) is 0 Å². The number of aliphatic hydroxyl groups is 1. The maximum Gasteiger partial charge on any atom is 0.250 e. The van der Waals surface area contributed by atoms with Crippen molar-refractivity contribution in [2.45, 2.75) is 52.4 Å². The quantitative estimate of drug-likeness (QED) is 0.712. The average molecular weight is 440 g/mol. The van der Waals surface area contributed by atoms with Crippen LogP contribution in [-0.4, -0.2) is 38.0 Å². The lowest BCUT2D eigenvalue weighted by atomic mass is 9.49. The molecule has 3 aliphatic carbocycles. The van der Waals surface area contributed by atoms with Gasteiger partial charge in [-0.05, 0) is 85.1 Å². The fourth-order valence-electron chi connectivity index (χ4n) is 7.36. The molecule has 32 heavy (non-hydrogen) atoms. The molecule has 3 N–H and O–H groups in total. The molecule has 0 saturated heterocycles. The van der Waals surface area contributed by atoms with Crippen molar-refractivity contribution in [2.75, 3.05) is 13.2 Å². The Morgan fingerprint density at radius 2 is 2.00 bits per heavy atom. The van der Waals surface area contributed by atoms with E-state index in [2.05, 4.69) is 30.4 Å². The third kappa shape index (κ3) is 3.16. The Bertz CT molecular complexity index is 1020. The number of allylic oxidation sites excluding steroid dienone is 1. The van der Waals surface area contributed by atoms with E-state index in [4.69, 9.17) is 10.8 Å². The minimum atomic E-state index is -0.467. The molecule has 2 heterocycles. The van der Waals surface area contributed by atoms with Crippen molar-refractivity contribution in [1.82, 2.24) is 19.7 Å². The van der Waals surface area contributed by atoms with Crippen LogP contribution < -0.4 is 5.73 Å². The minimum absolute atomic E-state index is 0.0610. The molecule has 0 aromatic carbocycles. The van der Waals surface area contributed by atoms with Crippen molar-refractivity contribution in [3.8, 4) is 5.95 Å². The molecule has 3 aliphatic rings. The second kappa shape index (κ2) is 7.73. The summed E-state index contributed by atoms with van der Waals surface area (Å²) in [5.41, 5.74) is 10.1. The minimum Gasteiger partial charge on any atom is -0.396 e. The van der Waals surface area contributed by atoms with Crippen molar-refractivity contribution >= 4 is 0 Å². The van der Waals surface area contributed by atoms with Crippen LogP contribution in [0.5, 0.6) is 0 Å². The van der Waals surface area contributed by atoms with Crippen LogP contribution in [0.4, 0.5) is 4.39 Å². The Labute approximate surface area is 189 Å². The molecule has 0 aliphatic heterocycles. The molecule has 0 spiro atoms. The zero-order valence-electron chi connectivity index (χ0n) is 19.1. The van der Waals surface area contributed by atoms with Crippen LogP contribution in [0.2, 0.25) is 0 Å². The van der Waals surface area contributed by atoms with Gasteiger partial charge in [-0.1, -0.05) is 26.0 Å². The van der Waals surface area contributed by atoms with Crippen molar-refractivity contribution in [3.05, 3.63) is 47.8 Å². The van der Waals surface area contributed by atoms with E-state index in [1.807, 2.05) is 6.20 Å². The van der Waals surface area contributed by atoms with Gasteiger partial charge >= 0.3 is 0 Å². The molecule has 7 heteroatoms. The molecule has 2 aromatic heterocycles. The number of hydrogen-bond donors (Lipinski definition) is 2. The van der Waals surface area contributed by atoms with Crippen LogP contribution in [0.25, 0.3) is 5.95 Å². The first-order valence-electron chi connectivity index (χ1n) is 11.8. The van der Waals surface area contributed by atoms with Gasteiger partial charge in [-0.3, -0.25) is 0 Å². The molecule has 6 atom stereocenters. The van der Waals surface area contributed by atoms with Crippen LogP contribution in [0.1, 0.15) is 50.8 Å². The summed E-state index contributed by atoms with van der Waals surface area (Å²) in [5, 5.41) is 15.1. The molecule has 5 rings (SSSR count).